The van der Waals surface area contributed by atoms with E-state index in [2.05, 4.69) is 10.3 Å². The predicted octanol–water partition coefficient (Wildman–Crippen LogP) is 3.32. The molecule has 2 heterocycles. The molecular weight excluding hydrogens is 299 g/mol. The summed E-state index contributed by atoms with van der Waals surface area (Å²) in [6, 6.07) is 5.10. The molecule has 0 saturated carbocycles. The highest BCUT2D eigenvalue weighted by atomic mass is 35.5. The summed E-state index contributed by atoms with van der Waals surface area (Å²) in [6.07, 6.45) is 2.68. The first-order chi connectivity index (χ1) is 9.70. The van der Waals surface area contributed by atoms with Crippen LogP contribution >= 0.6 is 23.2 Å². The lowest BCUT2D eigenvalue weighted by molar-refractivity contribution is 0.252. The summed E-state index contributed by atoms with van der Waals surface area (Å²) in [4.78, 5) is 4.21. The van der Waals surface area contributed by atoms with Crippen LogP contribution in [-0.4, -0.2) is 18.1 Å². The van der Waals surface area contributed by atoms with Crippen LogP contribution < -0.4 is 10.1 Å². The molecule has 2 aromatic rings. The van der Waals surface area contributed by atoms with E-state index in [4.69, 9.17) is 32.4 Å². The zero-order valence-electron chi connectivity index (χ0n) is 10.7. The van der Waals surface area contributed by atoms with E-state index in [9.17, 15) is 0 Å². The minimum Gasteiger partial charge on any atom is -0.482 e. The molecular formula is C14H14Cl2N2O2. The fourth-order valence-electron chi connectivity index (χ4n) is 2.02. The van der Waals surface area contributed by atoms with Gasteiger partial charge in [0.25, 0.3) is 0 Å². The Morgan fingerprint density at radius 3 is 2.90 bits per heavy atom. The molecule has 1 aromatic carbocycles. The number of nitrogens with one attached hydrogen (secondary N) is 1. The zero-order valence-corrected chi connectivity index (χ0v) is 12.2. The second-order valence-corrected chi connectivity index (χ2v) is 5.66. The summed E-state index contributed by atoms with van der Waals surface area (Å²) in [5, 5.41) is 4.29. The second kappa shape index (κ2) is 6.04. The number of aromatic nitrogens is 1. The quantitative estimate of drug-likeness (QED) is 0.920. The van der Waals surface area contributed by atoms with Crippen LogP contribution in [0.5, 0.6) is 5.75 Å². The molecule has 0 spiro atoms. The molecule has 1 saturated heterocycles. The summed E-state index contributed by atoms with van der Waals surface area (Å²) >= 11 is 11.9. The monoisotopic (exact) mass is 312 g/mol. The molecule has 0 unspecified atom stereocenters. The van der Waals surface area contributed by atoms with Gasteiger partial charge in [0.15, 0.2) is 6.61 Å². The van der Waals surface area contributed by atoms with E-state index in [1.165, 1.54) is 0 Å². The molecule has 1 aromatic heterocycles. The van der Waals surface area contributed by atoms with Crippen molar-refractivity contribution >= 4 is 23.2 Å². The fraction of sp³-hybridized carbons (Fsp3) is 0.357. The first-order valence-electron chi connectivity index (χ1n) is 6.43. The van der Waals surface area contributed by atoms with Crippen LogP contribution in [0.4, 0.5) is 0 Å². The minimum atomic E-state index is 0.254. The number of benzene rings is 1. The van der Waals surface area contributed by atoms with Gasteiger partial charge in [0.2, 0.25) is 5.89 Å². The Morgan fingerprint density at radius 2 is 2.20 bits per heavy atom. The van der Waals surface area contributed by atoms with E-state index in [0.29, 0.717) is 27.6 Å². The first-order valence-corrected chi connectivity index (χ1v) is 7.18. The van der Waals surface area contributed by atoms with Crippen LogP contribution in [0.1, 0.15) is 11.7 Å². The Bertz CT molecular complexity index is 597. The SMILES string of the molecule is Clc1ccc(OCc2ncc(CC3CNC3)o2)c(Cl)c1. The van der Waals surface area contributed by atoms with Gasteiger partial charge in [-0.25, -0.2) is 4.98 Å². The summed E-state index contributed by atoms with van der Waals surface area (Å²) < 4.78 is 11.2. The van der Waals surface area contributed by atoms with Gasteiger partial charge in [0.05, 0.1) is 11.2 Å². The van der Waals surface area contributed by atoms with Crippen molar-refractivity contribution in [3.05, 3.63) is 46.1 Å². The molecule has 4 nitrogen and oxygen atoms in total. The van der Waals surface area contributed by atoms with Gasteiger partial charge in [-0.3, -0.25) is 0 Å². The fourth-order valence-corrected chi connectivity index (χ4v) is 2.48. The molecule has 0 aliphatic carbocycles. The average molecular weight is 313 g/mol. The summed E-state index contributed by atoms with van der Waals surface area (Å²) in [5.41, 5.74) is 0. The lowest BCUT2D eigenvalue weighted by Gasteiger charge is -2.25. The molecule has 0 atom stereocenters. The normalized spacial score (nSPS) is 15.1. The molecule has 6 heteroatoms. The van der Waals surface area contributed by atoms with E-state index in [-0.39, 0.29) is 6.61 Å². The van der Waals surface area contributed by atoms with Crippen LogP contribution in [0, 0.1) is 5.92 Å². The van der Waals surface area contributed by atoms with Crippen molar-refractivity contribution in [3.63, 3.8) is 0 Å². The van der Waals surface area contributed by atoms with Gasteiger partial charge in [-0.05, 0) is 37.2 Å². The standard InChI is InChI=1S/C14H14Cl2N2O2/c15-10-1-2-13(12(16)4-10)19-8-14-18-7-11(20-14)3-9-5-17-6-9/h1-2,4,7,9,17H,3,5-6,8H2. The Labute approximate surface area is 127 Å². The third-order valence-electron chi connectivity index (χ3n) is 3.20. The predicted molar refractivity (Wildman–Crippen MR) is 77.4 cm³/mol. The molecule has 3 rings (SSSR count). The number of oxazole rings is 1. The number of halogens is 2. The molecule has 0 radical (unpaired) electrons. The Balaban J connectivity index is 1.57. The van der Waals surface area contributed by atoms with Gasteiger partial charge >= 0.3 is 0 Å². The largest absolute Gasteiger partial charge is 0.482 e. The highest BCUT2D eigenvalue weighted by molar-refractivity contribution is 6.35. The number of ether oxygens (including phenoxy) is 1. The number of nitrogens with zero attached hydrogens (tertiary/aromatic N) is 1. The van der Waals surface area contributed by atoms with Crippen molar-refractivity contribution in [2.24, 2.45) is 5.92 Å². The minimum absolute atomic E-state index is 0.254. The van der Waals surface area contributed by atoms with Gasteiger partial charge in [-0.2, -0.15) is 0 Å². The third-order valence-corrected chi connectivity index (χ3v) is 3.73. The molecule has 20 heavy (non-hydrogen) atoms. The van der Waals surface area contributed by atoms with Gasteiger partial charge in [0.1, 0.15) is 11.5 Å². The highest BCUT2D eigenvalue weighted by Gasteiger charge is 2.19. The van der Waals surface area contributed by atoms with Gasteiger partial charge in [0, 0.05) is 11.4 Å². The number of hydrogen-bond donors (Lipinski definition) is 1. The molecule has 1 N–H and O–H groups in total. The van der Waals surface area contributed by atoms with Crippen molar-refractivity contribution in [2.45, 2.75) is 13.0 Å². The maximum atomic E-state index is 6.03. The summed E-state index contributed by atoms with van der Waals surface area (Å²) in [5.74, 6) is 2.68. The summed E-state index contributed by atoms with van der Waals surface area (Å²) in [7, 11) is 0. The Morgan fingerprint density at radius 1 is 1.35 bits per heavy atom. The summed E-state index contributed by atoms with van der Waals surface area (Å²) in [6.45, 7) is 2.35. The van der Waals surface area contributed by atoms with Crippen LogP contribution in [0.2, 0.25) is 10.0 Å². The van der Waals surface area contributed by atoms with Crippen LogP contribution in [0.15, 0.2) is 28.8 Å². The van der Waals surface area contributed by atoms with Gasteiger partial charge in [-0.1, -0.05) is 23.2 Å². The molecule has 1 fully saturated rings. The second-order valence-electron chi connectivity index (χ2n) is 4.81. The van der Waals surface area contributed by atoms with E-state index in [1.54, 1.807) is 24.4 Å². The third kappa shape index (κ3) is 3.26. The van der Waals surface area contributed by atoms with Crippen molar-refractivity contribution in [1.82, 2.24) is 10.3 Å². The van der Waals surface area contributed by atoms with Crippen molar-refractivity contribution in [3.8, 4) is 5.75 Å². The smallest absolute Gasteiger partial charge is 0.232 e. The van der Waals surface area contributed by atoms with E-state index in [1.807, 2.05) is 0 Å². The van der Waals surface area contributed by atoms with E-state index in [0.717, 1.165) is 25.3 Å². The molecule has 0 bridgehead atoms. The van der Waals surface area contributed by atoms with Crippen LogP contribution in [0.25, 0.3) is 0 Å². The van der Waals surface area contributed by atoms with Crippen molar-refractivity contribution in [2.75, 3.05) is 13.1 Å². The van der Waals surface area contributed by atoms with Crippen molar-refractivity contribution < 1.29 is 9.15 Å². The Kier molecular flexibility index (Phi) is 4.15. The topological polar surface area (TPSA) is 47.3 Å². The number of hydrogen-bond acceptors (Lipinski definition) is 4. The molecule has 1 aliphatic heterocycles. The molecule has 0 amide bonds. The number of rotatable bonds is 5. The average Bonchev–Trinajstić information content (AvgIpc) is 2.81. The molecule has 1 aliphatic rings. The highest BCUT2D eigenvalue weighted by Crippen LogP contribution is 2.28. The van der Waals surface area contributed by atoms with Crippen LogP contribution in [-0.2, 0) is 13.0 Å². The van der Waals surface area contributed by atoms with Crippen molar-refractivity contribution in [1.29, 1.82) is 0 Å². The lowest BCUT2D eigenvalue weighted by Crippen LogP contribution is -2.42. The maximum absolute atomic E-state index is 6.03. The zero-order chi connectivity index (χ0) is 13.9. The first kappa shape index (κ1) is 13.7. The Hall–Kier alpha value is -1.23. The molecule has 106 valence electrons. The van der Waals surface area contributed by atoms with E-state index >= 15 is 0 Å². The van der Waals surface area contributed by atoms with Gasteiger partial charge < -0.3 is 14.5 Å². The van der Waals surface area contributed by atoms with Crippen LogP contribution in [0.3, 0.4) is 0 Å². The van der Waals surface area contributed by atoms with E-state index < -0.39 is 0 Å². The lowest BCUT2D eigenvalue weighted by atomic mass is 9.98. The van der Waals surface area contributed by atoms with Gasteiger partial charge in [-0.15, -0.1) is 0 Å². The maximum Gasteiger partial charge on any atom is 0.232 e.